The highest BCUT2D eigenvalue weighted by Gasteiger charge is 2.17. The third-order valence-electron chi connectivity index (χ3n) is 2.69. The molecule has 0 saturated heterocycles. The van der Waals surface area contributed by atoms with Crippen LogP contribution in [0.4, 0.5) is 11.4 Å². The molecule has 0 atom stereocenters. The lowest BCUT2D eigenvalue weighted by atomic mass is 10.1. The molecule has 1 aromatic carbocycles. The van der Waals surface area contributed by atoms with Gasteiger partial charge in [-0.2, -0.15) is 0 Å². The van der Waals surface area contributed by atoms with Crippen molar-refractivity contribution < 1.29 is 9.53 Å². The van der Waals surface area contributed by atoms with Crippen LogP contribution in [0.3, 0.4) is 0 Å². The van der Waals surface area contributed by atoms with E-state index in [1.165, 1.54) is 0 Å². The summed E-state index contributed by atoms with van der Waals surface area (Å²) in [5.74, 6) is -0.320. The van der Waals surface area contributed by atoms with Gasteiger partial charge in [-0.1, -0.05) is 0 Å². The van der Waals surface area contributed by atoms with Crippen LogP contribution in [0.1, 0.15) is 38.1 Å². The van der Waals surface area contributed by atoms with Gasteiger partial charge in [0.25, 0.3) is 0 Å². The quantitative estimate of drug-likeness (QED) is 0.645. The van der Waals surface area contributed by atoms with E-state index in [0.717, 1.165) is 18.8 Å². The second-order valence-electron chi connectivity index (χ2n) is 4.40. The first-order valence-electron chi connectivity index (χ1n) is 6.35. The topological polar surface area (TPSA) is 55.6 Å². The predicted molar refractivity (Wildman–Crippen MR) is 75.0 cm³/mol. The molecule has 0 aliphatic rings. The first-order chi connectivity index (χ1) is 8.49. The minimum atomic E-state index is -0.320. The molecule has 0 amide bonds. The van der Waals surface area contributed by atoms with Crippen molar-refractivity contribution in [2.75, 3.05) is 23.7 Å². The van der Waals surface area contributed by atoms with E-state index in [4.69, 9.17) is 10.5 Å². The molecular formula is C14H22N2O2. The van der Waals surface area contributed by atoms with Gasteiger partial charge >= 0.3 is 5.97 Å². The van der Waals surface area contributed by atoms with Crippen LogP contribution in [-0.2, 0) is 4.74 Å². The minimum absolute atomic E-state index is 0.136. The monoisotopic (exact) mass is 250 g/mol. The third-order valence-corrected chi connectivity index (χ3v) is 2.69. The number of ether oxygens (including phenoxy) is 1. The van der Waals surface area contributed by atoms with Crippen molar-refractivity contribution in [1.82, 2.24) is 0 Å². The number of hydrogen-bond acceptors (Lipinski definition) is 4. The fraction of sp³-hybridized carbons (Fsp3) is 0.500. The summed E-state index contributed by atoms with van der Waals surface area (Å²) < 4.78 is 5.25. The molecule has 0 radical (unpaired) electrons. The molecule has 0 heterocycles. The Hall–Kier alpha value is -1.71. The fourth-order valence-electron chi connectivity index (χ4n) is 1.83. The Labute approximate surface area is 109 Å². The second-order valence-corrected chi connectivity index (χ2v) is 4.40. The molecule has 100 valence electrons. The number of nitrogens with two attached hydrogens (primary N) is 1. The van der Waals surface area contributed by atoms with E-state index in [-0.39, 0.29) is 12.1 Å². The number of carbonyl (C=O) groups is 1. The Morgan fingerprint density at radius 3 is 2.44 bits per heavy atom. The van der Waals surface area contributed by atoms with E-state index in [0.29, 0.717) is 11.3 Å². The maximum absolute atomic E-state index is 12.1. The van der Waals surface area contributed by atoms with Gasteiger partial charge in [-0.3, -0.25) is 0 Å². The minimum Gasteiger partial charge on any atom is -0.459 e. The first kappa shape index (κ1) is 14.4. The van der Waals surface area contributed by atoms with Gasteiger partial charge in [-0.25, -0.2) is 4.79 Å². The number of rotatable bonds is 5. The average molecular weight is 250 g/mol. The van der Waals surface area contributed by atoms with Crippen LogP contribution < -0.4 is 10.6 Å². The smallest absolute Gasteiger partial charge is 0.340 e. The van der Waals surface area contributed by atoms with Crippen LogP contribution in [0.2, 0.25) is 0 Å². The molecule has 0 aromatic heterocycles. The van der Waals surface area contributed by atoms with Crippen molar-refractivity contribution in [2.24, 2.45) is 0 Å². The van der Waals surface area contributed by atoms with Crippen molar-refractivity contribution in [3.05, 3.63) is 23.8 Å². The normalized spacial score (nSPS) is 10.5. The average Bonchev–Trinajstić information content (AvgIpc) is 2.31. The van der Waals surface area contributed by atoms with Crippen molar-refractivity contribution in [3.63, 3.8) is 0 Å². The molecule has 1 rings (SSSR count). The number of benzene rings is 1. The second kappa shape index (κ2) is 6.28. The standard InChI is InChI=1S/C14H22N2O2/c1-5-16(6-2)13-8-7-11(15)9-12(13)14(17)18-10(3)4/h7-10H,5-6,15H2,1-4H3. The first-order valence-corrected chi connectivity index (χ1v) is 6.35. The van der Waals surface area contributed by atoms with Gasteiger partial charge in [-0.05, 0) is 45.9 Å². The van der Waals surface area contributed by atoms with E-state index in [1.54, 1.807) is 12.1 Å². The van der Waals surface area contributed by atoms with Gasteiger partial charge in [0.1, 0.15) is 0 Å². The van der Waals surface area contributed by atoms with Gasteiger partial charge < -0.3 is 15.4 Å². The van der Waals surface area contributed by atoms with E-state index in [2.05, 4.69) is 18.7 Å². The Morgan fingerprint density at radius 2 is 1.94 bits per heavy atom. The summed E-state index contributed by atoms with van der Waals surface area (Å²) in [5.41, 5.74) is 7.73. The molecule has 0 aliphatic heterocycles. The Bertz CT molecular complexity index is 412. The van der Waals surface area contributed by atoms with Crippen LogP contribution in [0.25, 0.3) is 0 Å². The zero-order valence-corrected chi connectivity index (χ0v) is 11.6. The molecule has 18 heavy (non-hydrogen) atoms. The lowest BCUT2D eigenvalue weighted by Gasteiger charge is -2.24. The molecule has 4 heteroatoms. The molecule has 2 N–H and O–H groups in total. The van der Waals surface area contributed by atoms with Crippen molar-refractivity contribution in [1.29, 1.82) is 0 Å². The highest BCUT2D eigenvalue weighted by Crippen LogP contribution is 2.24. The zero-order valence-electron chi connectivity index (χ0n) is 11.6. The Balaban J connectivity index is 3.14. The van der Waals surface area contributed by atoms with Gasteiger partial charge in [0.15, 0.2) is 0 Å². The zero-order chi connectivity index (χ0) is 13.7. The van der Waals surface area contributed by atoms with Crippen molar-refractivity contribution >= 4 is 17.3 Å². The summed E-state index contributed by atoms with van der Waals surface area (Å²) in [4.78, 5) is 14.2. The number of anilines is 2. The van der Waals surface area contributed by atoms with E-state index < -0.39 is 0 Å². The Kier molecular flexibility index (Phi) is 5.01. The highest BCUT2D eigenvalue weighted by atomic mass is 16.5. The summed E-state index contributed by atoms with van der Waals surface area (Å²) in [6.07, 6.45) is -0.136. The molecule has 0 saturated carbocycles. The van der Waals surface area contributed by atoms with Gasteiger partial charge in [0, 0.05) is 18.8 Å². The molecule has 4 nitrogen and oxygen atoms in total. The molecule has 0 aliphatic carbocycles. The number of hydrogen-bond donors (Lipinski definition) is 1. The number of nitrogens with zero attached hydrogens (tertiary/aromatic N) is 1. The fourth-order valence-corrected chi connectivity index (χ4v) is 1.83. The largest absolute Gasteiger partial charge is 0.459 e. The summed E-state index contributed by atoms with van der Waals surface area (Å²) in [6, 6.07) is 5.36. The third kappa shape index (κ3) is 3.39. The van der Waals surface area contributed by atoms with Crippen LogP contribution in [-0.4, -0.2) is 25.2 Å². The van der Waals surface area contributed by atoms with Crippen molar-refractivity contribution in [3.8, 4) is 0 Å². The molecule has 0 fully saturated rings. The van der Waals surface area contributed by atoms with Crippen LogP contribution in [0.15, 0.2) is 18.2 Å². The molecule has 0 unspecified atom stereocenters. The molecule has 1 aromatic rings. The summed E-state index contributed by atoms with van der Waals surface area (Å²) in [6.45, 7) is 9.45. The SMILES string of the molecule is CCN(CC)c1ccc(N)cc1C(=O)OC(C)C. The number of nitrogen functional groups attached to an aromatic ring is 1. The summed E-state index contributed by atoms with van der Waals surface area (Å²) >= 11 is 0. The summed E-state index contributed by atoms with van der Waals surface area (Å²) in [7, 11) is 0. The number of carbonyl (C=O) groups excluding carboxylic acids is 1. The van der Waals surface area contributed by atoms with Gasteiger partial charge in [0.05, 0.1) is 17.4 Å². The molecule has 0 bridgehead atoms. The van der Waals surface area contributed by atoms with E-state index >= 15 is 0 Å². The Morgan fingerprint density at radius 1 is 1.33 bits per heavy atom. The van der Waals surface area contributed by atoms with Crippen LogP contribution in [0.5, 0.6) is 0 Å². The maximum atomic E-state index is 12.1. The van der Waals surface area contributed by atoms with Crippen molar-refractivity contribution in [2.45, 2.75) is 33.8 Å². The molecular weight excluding hydrogens is 228 g/mol. The van der Waals surface area contributed by atoms with Gasteiger partial charge in [-0.15, -0.1) is 0 Å². The predicted octanol–water partition coefficient (Wildman–Crippen LogP) is 2.68. The summed E-state index contributed by atoms with van der Waals surface area (Å²) in [5, 5.41) is 0. The van der Waals surface area contributed by atoms with Gasteiger partial charge in [0.2, 0.25) is 0 Å². The van der Waals surface area contributed by atoms with E-state index in [9.17, 15) is 4.79 Å². The van der Waals surface area contributed by atoms with E-state index in [1.807, 2.05) is 19.9 Å². The van der Waals surface area contributed by atoms with Crippen LogP contribution in [0, 0.1) is 0 Å². The lowest BCUT2D eigenvalue weighted by molar-refractivity contribution is 0.0379. The maximum Gasteiger partial charge on any atom is 0.340 e. The lowest BCUT2D eigenvalue weighted by Crippen LogP contribution is -2.25. The number of esters is 1. The highest BCUT2D eigenvalue weighted by molar-refractivity contribution is 5.97. The van der Waals surface area contributed by atoms with Crippen LogP contribution >= 0.6 is 0 Å². The molecule has 0 spiro atoms.